The van der Waals surface area contributed by atoms with E-state index in [0.29, 0.717) is 0 Å². The van der Waals surface area contributed by atoms with Crippen LogP contribution >= 0.6 is 0 Å². The topological polar surface area (TPSA) is 15.3 Å². The quantitative estimate of drug-likeness (QED) is 0.874. The number of hydrogen-bond donors (Lipinski definition) is 1. The molecule has 1 aliphatic heterocycles. The Morgan fingerprint density at radius 3 is 2.58 bits per heavy atom. The van der Waals surface area contributed by atoms with E-state index in [2.05, 4.69) is 49.3 Å². The molecule has 0 amide bonds. The zero-order valence-corrected chi connectivity index (χ0v) is 12.7. The molecule has 0 aliphatic carbocycles. The fraction of sp³-hybridized carbons (Fsp3) is 0.647. The van der Waals surface area contributed by atoms with Crippen molar-refractivity contribution in [2.75, 3.05) is 20.1 Å². The highest BCUT2D eigenvalue weighted by Gasteiger charge is 2.21. The molecule has 1 saturated heterocycles. The van der Waals surface area contributed by atoms with Gasteiger partial charge in [0.1, 0.15) is 0 Å². The first-order chi connectivity index (χ1) is 9.19. The van der Waals surface area contributed by atoms with Crippen molar-refractivity contribution >= 4 is 0 Å². The predicted molar refractivity (Wildman–Crippen MR) is 82.5 cm³/mol. The maximum atomic E-state index is 3.29. The van der Waals surface area contributed by atoms with Crippen LogP contribution in [0.2, 0.25) is 0 Å². The number of rotatable bonds is 5. The summed E-state index contributed by atoms with van der Waals surface area (Å²) in [6, 6.07) is 7.72. The fourth-order valence-electron chi connectivity index (χ4n) is 3.30. The standard InChI is InChI=1S/C17H28N2/c1-14-10-15(2)12-16(11-14)13-19-9-5-4-6-17(19)7-8-18-3/h10-12,17-18H,4-9,13H2,1-3H3. The van der Waals surface area contributed by atoms with Gasteiger partial charge in [0.05, 0.1) is 0 Å². The van der Waals surface area contributed by atoms with E-state index in [4.69, 9.17) is 0 Å². The Balaban J connectivity index is 2.01. The molecular formula is C17H28N2. The van der Waals surface area contributed by atoms with Gasteiger partial charge in [-0.05, 0) is 58.8 Å². The van der Waals surface area contributed by atoms with Gasteiger partial charge in [-0.2, -0.15) is 0 Å². The van der Waals surface area contributed by atoms with E-state index in [-0.39, 0.29) is 0 Å². The fourth-order valence-corrected chi connectivity index (χ4v) is 3.30. The summed E-state index contributed by atoms with van der Waals surface area (Å²) in [6.45, 7) is 7.92. The molecule has 1 fully saturated rings. The summed E-state index contributed by atoms with van der Waals surface area (Å²) < 4.78 is 0. The molecule has 1 aliphatic rings. The van der Waals surface area contributed by atoms with Crippen LogP contribution in [0.1, 0.15) is 42.4 Å². The van der Waals surface area contributed by atoms with Crippen molar-refractivity contribution in [3.8, 4) is 0 Å². The average Bonchev–Trinajstić information content (AvgIpc) is 2.36. The maximum absolute atomic E-state index is 3.29. The third-order valence-corrected chi connectivity index (χ3v) is 4.14. The summed E-state index contributed by atoms with van der Waals surface area (Å²) >= 11 is 0. The van der Waals surface area contributed by atoms with Gasteiger partial charge in [-0.25, -0.2) is 0 Å². The monoisotopic (exact) mass is 260 g/mol. The zero-order valence-electron chi connectivity index (χ0n) is 12.7. The van der Waals surface area contributed by atoms with Crippen molar-refractivity contribution in [1.29, 1.82) is 0 Å². The van der Waals surface area contributed by atoms with E-state index in [1.54, 1.807) is 0 Å². The second-order valence-corrected chi connectivity index (χ2v) is 6.01. The van der Waals surface area contributed by atoms with E-state index < -0.39 is 0 Å². The van der Waals surface area contributed by atoms with E-state index in [1.807, 2.05) is 0 Å². The first kappa shape index (κ1) is 14.5. The van der Waals surface area contributed by atoms with Gasteiger partial charge in [0.15, 0.2) is 0 Å². The first-order valence-corrected chi connectivity index (χ1v) is 7.65. The zero-order chi connectivity index (χ0) is 13.7. The minimum atomic E-state index is 0.766. The lowest BCUT2D eigenvalue weighted by Gasteiger charge is -2.36. The summed E-state index contributed by atoms with van der Waals surface area (Å²) in [5, 5.41) is 3.29. The summed E-state index contributed by atoms with van der Waals surface area (Å²) in [5.74, 6) is 0. The van der Waals surface area contributed by atoms with Gasteiger partial charge >= 0.3 is 0 Å². The molecular weight excluding hydrogens is 232 g/mol. The summed E-state index contributed by atoms with van der Waals surface area (Å²) in [5.41, 5.74) is 4.26. The Morgan fingerprint density at radius 2 is 1.89 bits per heavy atom. The van der Waals surface area contributed by atoms with Crippen molar-refractivity contribution in [3.63, 3.8) is 0 Å². The van der Waals surface area contributed by atoms with Crippen molar-refractivity contribution < 1.29 is 0 Å². The smallest absolute Gasteiger partial charge is 0.0236 e. The highest BCUT2D eigenvalue weighted by atomic mass is 15.2. The van der Waals surface area contributed by atoms with E-state index in [9.17, 15) is 0 Å². The van der Waals surface area contributed by atoms with E-state index in [1.165, 1.54) is 48.9 Å². The molecule has 19 heavy (non-hydrogen) atoms. The Morgan fingerprint density at radius 1 is 1.16 bits per heavy atom. The van der Waals surface area contributed by atoms with Crippen LogP contribution in [-0.4, -0.2) is 31.1 Å². The SMILES string of the molecule is CNCCC1CCCCN1Cc1cc(C)cc(C)c1. The maximum Gasteiger partial charge on any atom is 0.0236 e. The van der Waals surface area contributed by atoms with Crippen molar-refractivity contribution in [2.24, 2.45) is 0 Å². The summed E-state index contributed by atoms with van der Waals surface area (Å²) in [6.07, 6.45) is 5.41. The molecule has 2 nitrogen and oxygen atoms in total. The highest BCUT2D eigenvalue weighted by molar-refractivity contribution is 5.28. The van der Waals surface area contributed by atoms with E-state index >= 15 is 0 Å². The molecule has 1 unspecified atom stereocenters. The van der Waals surface area contributed by atoms with Crippen LogP contribution in [0.5, 0.6) is 0 Å². The predicted octanol–water partition coefficient (Wildman–Crippen LogP) is 3.27. The molecule has 106 valence electrons. The molecule has 1 atom stereocenters. The number of benzene rings is 1. The normalized spacial score (nSPS) is 20.7. The average molecular weight is 260 g/mol. The van der Waals surface area contributed by atoms with Gasteiger partial charge in [0.25, 0.3) is 0 Å². The van der Waals surface area contributed by atoms with Crippen LogP contribution in [-0.2, 0) is 6.54 Å². The summed E-state index contributed by atoms with van der Waals surface area (Å²) in [4.78, 5) is 2.69. The lowest BCUT2D eigenvalue weighted by molar-refractivity contribution is 0.132. The summed E-state index contributed by atoms with van der Waals surface area (Å²) in [7, 11) is 2.05. The lowest BCUT2D eigenvalue weighted by atomic mass is 9.98. The second-order valence-electron chi connectivity index (χ2n) is 6.01. The van der Waals surface area contributed by atoms with Crippen LogP contribution < -0.4 is 5.32 Å². The highest BCUT2D eigenvalue weighted by Crippen LogP contribution is 2.22. The van der Waals surface area contributed by atoms with Crippen molar-refractivity contribution in [3.05, 3.63) is 34.9 Å². The van der Waals surface area contributed by atoms with Gasteiger partial charge in [-0.3, -0.25) is 4.90 Å². The number of aryl methyl sites for hydroxylation is 2. The Bertz CT molecular complexity index is 380. The number of nitrogens with one attached hydrogen (secondary N) is 1. The minimum absolute atomic E-state index is 0.766. The number of likely N-dealkylation sites (tertiary alicyclic amines) is 1. The molecule has 0 radical (unpaired) electrons. The van der Waals surface area contributed by atoms with Crippen LogP contribution in [0.3, 0.4) is 0 Å². The third kappa shape index (κ3) is 4.32. The van der Waals surface area contributed by atoms with Gasteiger partial charge in [-0.1, -0.05) is 35.7 Å². The van der Waals surface area contributed by atoms with Crippen LogP contribution in [0, 0.1) is 13.8 Å². The first-order valence-electron chi connectivity index (χ1n) is 7.65. The van der Waals surface area contributed by atoms with Gasteiger partial charge < -0.3 is 5.32 Å². The molecule has 2 heteroatoms. The number of hydrogen-bond acceptors (Lipinski definition) is 2. The molecule has 1 aromatic carbocycles. The molecule has 1 N–H and O–H groups in total. The molecule has 0 aromatic heterocycles. The van der Waals surface area contributed by atoms with Gasteiger partial charge in [0, 0.05) is 12.6 Å². The minimum Gasteiger partial charge on any atom is -0.320 e. The number of piperidine rings is 1. The lowest BCUT2D eigenvalue weighted by Crippen LogP contribution is -2.40. The molecule has 2 rings (SSSR count). The number of nitrogens with zero attached hydrogens (tertiary/aromatic N) is 1. The second kappa shape index (κ2) is 7.06. The molecule has 1 aromatic rings. The van der Waals surface area contributed by atoms with Crippen molar-refractivity contribution in [1.82, 2.24) is 10.2 Å². The Labute approximate surface area is 118 Å². The van der Waals surface area contributed by atoms with Gasteiger partial charge in [-0.15, -0.1) is 0 Å². The van der Waals surface area contributed by atoms with Crippen LogP contribution in [0.25, 0.3) is 0 Å². The molecule has 0 spiro atoms. The van der Waals surface area contributed by atoms with E-state index in [0.717, 1.165) is 19.1 Å². The van der Waals surface area contributed by atoms with Gasteiger partial charge in [0.2, 0.25) is 0 Å². The largest absolute Gasteiger partial charge is 0.320 e. The van der Waals surface area contributed by atoms with Crippen LogP contribution in [0.15, 0.2) is 18.2 Å². The Hall–Kier alpha value is -0.860. The molecule has 1 heterocycles. The van der Waals surface area contributed by atoms with Crippen LogP contribution in [0.4, 0.5) is 0 Å². The Kier molecular flexibility index (Phi) is 5.41. The third-order valence-electron chi connectivity index (χ3n) is 4.14. The molecule has 0 saturated carbocycles. The molecule has 0 bridgehead atoms. The van der Waals surface area contributed by atoms with Crippen molar-refractivity contribution in [2.45, 2.75) is 52.1 Å².